The highest BCUT2D eigenvalue weighted by atomic mass is 32.2. The molecule has 0 atom stereocenters. The van der Waals surface area contributed by atoms with Crippen LogP contribution in [0.5, 0.6) is 0 Å². The Morgan fingerprint density at radius 1 is 1.19 bits per heavy atom. The van der Waals surface area contributed by atoms with Crippen LogP contribution in [0.3, 0.4) is 0 Å². The first-order valence-electron chi connectivity index (χ1n) is 3.86. The quantitative estimate of drug-likeness (QED) is 0.768. The zero-order valence-electron chi connectivity index (χ0n) is 8.19. The van der Waals surface area contributed by atoms with Crippen molar-refractivity contribution >= 4 is 22.7 Å². The second kappa shape index (κ2) is 5.55. The summed E-state index contributed by atoms with van der Waals surface area (Å²) in [5.74, 6) is 0. The van der Waals surface area contributed by atoms with Crippen LogP contribution in [0.1, 0.15) is 5.56 Å². The summed E-state index contributed by atoms with van der Waals surface area (Å²) in [7, 11) is -4.34. The average molecular weight is 273 g/mol. The van der Waals surface area contributed by atoms with E-state index < -0.39 is 26.7 Å². The van der Waals surface area contributed by atoms with E-state index in [0.717, 1.165) is 12.1 Å². The maximum Gasteiger partial charge on any atom is 0.417 e. The van der Waals surface area contributed by atoms with E-state index in [0.29, 0.717) is 6.07 Å². The lowest BCUT2D eigenvalue weighted by molar-refractivity contribution is -0.139. The minimum absolute atomic E-state index is 0.666. The third-order valence-electron chi connectivity index (χ3n) is 1.50. The molecule has 0 saturated carbocycles. The fraction of sp³-hybridized carbons (Fsp3) is 0.250. The summed E-state index contributed by atoms with van der Waals surface area (Å²) in [6.07, 6.45) is -3.02. The number of thiol groups is 1. The fourth-order valence-corrected chi connectivity index (χ4v) is 1.71. The molecule has 0 aliphatic carbocycles. The van der Waals surface area contributed by atoms with Crippen LogP contribution in [0.25, 0.3) is 0 Å². The van der Waals surface area contributed by atoms with Crippen molar-refractivity contribution < 1.29 is 21.6 Å². The average Bonchev–Trinajstić information content (AvgIpc) is 2.18. The molecule has 0 aromatic heterocycles. The molecule has 1 aromatic carbocycles. The number of rotatable bonds is 1. The van der Waals surface area contributed by atoms with E-state index in [2.05, 4.69) is 17.8 Å². The van der Waals surface area contributed by atoms with E-state index in [4.69, 9.17) is 0 Å². The minimum Gasteiger partial charge on any atom is -0.225 e. The molecule has 92 valence electrons. The van der Waals surface area contributed by atoms with E-state index in [1.807, 2.05) is 0 Å². The van der Waals surface area contributed by atoms with Gasteiger partial charge in [-0.3, -0.25) is 0 Å². The first kappa shape index (κ1) is 15.3. The highest BCUT2D eigenvalue weighted by molar-refractivity contribution is 7.89. The van der Waals surface area contributed by atoms with Gasteiger partial charge in [0.1, 0.15) is 0 Å². The lowest BCUT2D eigenvalue weighted by Gasteiger charge is -2.10. The van der Waals surface area contributed by atoms with Crippen LogP contribution in [0, 0.1) is 0 Å². The van der Waals surface area contributed by atoms with Gasteiger partial charge in [-0.05, 0) is 18.4 Å². The number of sulfonamides is 1. The third-order valence-corrected chi connectivity index (χ3v) is 2.47. The highest BCUT2D eigenvalue weighted by Gasteiger charge is 2.35. The van der Waals surface area contributed by atoms with Crippen LogP contribution in [-0.4, -0.2) is 14.7 Å². The van der Waals surface area contributed by atoms with Crippen molar-refractivity contribution in [2.75, 3.05) is 6.26 Å². The van der Waals surface area contributed by atoms with Gasteiger partial charge >= 0.3 is 6.18 Å². The molecule has 0 unspecified atom stereocenters. The lowest BCUT2D eigenvalue weighted by Crippen LogP contribution is -2.18. The number of nitrogens with two attached hydrogens (primary N) is 1. The molecule has 0 bridgehead atoms. The van der Waals surface area contributed by atoms with Crippen LogP contribution in [0.2, 0.25) is 0 Å². The highest BCUT2D eigenvalue weighted by Crippen LogP contribution is 2.33. The summed E-state index contributed by atoms with van der Waals surface area (Å²) in [6, 6.07) is 3.75. The molecule has 0 heterocycles. The Balaban J connectivity index is 0.00000106. The van der Waals surface area contributed by atoms with Gasteiger partial charge in [0.25, 0.3) is 0 Å². The topological polar surface area (TPSA) is 60.2 Å². The molecule has 0 aliphatic rings. The van der Waals surface area contributed by atoms with Gasteiger partial charge in [-0.25, -0.2) is 13.6 Å². The number of alkyl halides is 3. The standard InChI is InChI=1S/C7H6F3NO2S.CH4S/c8-7(9,10)5-3-1-2-4-6(5)14(11,12)13;1-2/h1-4H,(H2,11,12,13);2H,1H3. The zero-order valence-corrected chi connectivity index (χ0v) is 9.90. The van der Waals surface area contributed by atoms with Gasteiger partial charge < -0.3 is 0 Å². The summed E-state index contributed by atoms with van der Waals surface area (Å²) < 4.78 is 58.3. The van der Waals surface area contributed by atoms with Crippen molar-refractivity contribution in [2.24, 2.45) is 5.14 Å². The van der Waals surface area contributed by atoms with Gasteiger partial charge in [-0.2, -0.15) is 25.8 Å². The van der Waals surface area contributed by atoms with Crippen LogP contribution < -0.4 is 5.14 Å². The van der Waals surface area contributed by atoms with Crippen LogP contribution in [0.15, 0.2) is 29.2 Å². The zero-order chi connectivity index (χ0) is 13.0. The van der Waals surface area contributed by atoms with Crippen molar-refractivity contribution in [1.82, 2.24) is 0 Å². The number of hydrogen-bond acceptors (Lipinski definition) is 3. The van der Waals surface area contributed by atoms with Crippen molar-refractivity contribution in [3.05, 3.63) is 29.8 Å². The molecule has 3 nitrogen and oxygen atoms in total. The van der Waals surface area contributed by atoms with E-state index in [1.165, 1.54) is 6.07 Å². The number of halogens is 3. The van der Waals surface area contributed by atoms with Crippen LogP contribution >= 0.6 is 12.6 Å². The number of primary sulfonamides is 1. The van der Waals surface area contributed by atoms with Crippen molar-refractivity contribution in [3.63, 3.8) is 0 Å². The van der Waals surface area contributed by atoms with E-state index in [-0.39, 0.29) is 0 Å². The Labute approximate surface area is 96.9 Å². The van der Waals surface area contributed by atoms with Crippen LogP contribution in [0.4, 0.5) is 13.2 Å². The molecule has 2 N–H and O–H groups in total. The van der Waals surface area contributed by atoms with Crippen molar-refractivity contribution in [2.45, 2.75) is 11.1 Å². The lowest BCUT2D eigenvalue weighted by atomic mass is 10.2. The Hall–Kier alpha value is -0.730. The van der Waals surface area contributed by atoms with Crippen LogP contribution in [-0.2, 0) is 16.2 Å². The molecule has 1 aromatic rings. The molecule has 0 radical (unpaired) electrons. The molecule has 0 fully saturated rings. The summed E-state index contributed by atoms with van der Waals surface area (Å²) in [4.78, 5) is -0.910. The van der Waals surface area contributed by atoms with E-state index in [9.17, 15) is 21.6 Å². The molecular weight excluding hydrogens is 263 g/mol. The van der Waals surface area contributed by atoms with E-state index in [1.54, 1.807) is 6.26 Å². The molecule has 0 aliphatic heterocycles. The number of hydrogen-bond donors (Lipinski definition) is 2. The second-order valence-electron chi connectivity index (χ2n) is 2.54. The molecule has 0 amide bonds. The first-order chi connectivity index (χ1) is 7.23. The Kier molecular flexibility index (Phi) is 5.30. The van der Waals surface area contributed by atoms with Gasteiger partial charge in [0.15, 0.2) is 0 Å². The molecule has 0 spiro atoms. The van der Waals surface area contributed by atoms with Crippen molar-refractivity contribution in [1.29, 1.82) is 0 Å². The summed E-state index contributed by atoms with van der Waals surface area (Å²) in [5, 5.41) is 4.63. The third kappa shape index (κ3) is 4.03. The van der Waals surface area contributed by atoms with Gasteiger partial charge in [0.2, 0.25) is 10.0 Å². The molecule has 1 rings (SSSR count). The molecular formula is C8H10F3NO2S2. The normalized spacial score (nSPS) is 11.6. The second-order valence-corrected chi connectivity index (χ2v) is 4.07. The van der Waals surface area contributed by atoms with Crippen molar-refractivity contribution in [3.8, 4) is 0 Å². The smallest absolute Gasteiger partial charge is 0.225 e. The maximum atomic E-state index is 12.3. The Morgan fingerprint density at radius 3 is 1.94 bits per heavy atom. The van der Waals surface area contributed by atoms with Gasteiger partial charge in [0, 0.05) is 0 Å². The SMILES string of the molecule is CS.NS(=O)(=O)c1ccccc1C(F)(F)F. The summed E-state index contributed by atoms with van der Waals surface area (Å²) in [6.45, 7) is 0. The fourth-order valence-electron chi connectivity index (χ4n) is 0.949. The molecule has 16 heavy (non-hydrogen) atoms. The first-order valence-corrected chi connectivity index (χ1v) is 6.31. The van der Waals surface area contributed by atoms with Gasteiger partial charge in [0.05, 0.1) is 10.5 Å². The largest absolute Gasteiger partial charge is 0.417 e. The Morgan fingerprint density at radius 2 is 1.62 bits per heavy atom. The van der Waals surface area contributed by atoms with Gasteiger partial charge in [-0.15, -0.1) is 0 Å². The Bertz CT molecular complexity index is 443. The van der Waals surface area contributed by atoms with E-state index >= 15 is 0 Å². The van der Waals surface area contributed by atoms with Gasteiger partial charge in [-0.1, -0.05) is 12.1 Å². The predicted octanol–water partition coefficient (Wildman–Crippen LogP) is 1.90. The maximum absolute atomic E-state index is 12.3. The summed E-state index contributed by atoms with van der Waals surface area (Å²) >= 11 is 3.53. The summed E-state index contributed by atoms with van der Waals surface area (Å²) in [5.41, 5.74) is -1.25. The number of benzene rings is 1. The predicted molar refractivity (Wildman–Crippen MR) is 57.7 cm³/mol. The molecule has 0 saturated heterocycles. The monoisotopic (exact) mass is 273 g/mol. The minimum atomic E-state index is -4.72. The molecule has 8 heteroatoms.